The van der Waals surface area contributed by atoms with Crippen LogP contribution in [0.25, 0.3) is 21.8 Å². The Bertz CT molecular complexity index is 1520. The lowest BCUT2D eigenvalue weighted by molar-refractivity contribution is -0.115. The second-order valence-electron chi connectivity index (χ2n) is 8.70. The Morgan fingerprint density at radius 2 is 1.76 bits per heavy atom. The maximum atomic E-state index is 13.1. The number of nitrogens with zero attached hydrogens (tertiary/aromatic N) is 4. The highest BCUT2D eigenvalue weighted by Crippen LogP contribution is 2.29. The van der Waals surface area contributed by atoms with Crippen molar-refractivity contribution in [3.63, 3.8) is 0 Å². The third-order valence-electron chi connectivity index (χ3n) is 5.51. The highest BCUT2D eigenvalue weighted by atomic mass is 32.2. The Balaban J connectivity index is 1.72. The molecule has 1 unspecified atom stereocenters. The Hall–Kier alpha value is -3.46. The molecule has 2 aromatic carbocycles. The van der Waals surface area contributed by atoms with Crippen LogP contribution in [0.3, 0.4) is 0 Å². The summed E-state index contributed by atoms with van der Waals surface area (Å²) in [5.41, 5.74) is 0.144. The minimum Gasteiger partial charge on any atom is -0.325 e. The number of aromatic nitrogens is 4. The van der Waals surface area contributed by atoms with Crippen LogP contribution in [0.15, 0.2) is 57.1 Å². The van der Waals surface area contributed by atoms with Gasteiger partial charge >= 0.3 is 5.69 Å². The molecule has 4 rings (SSSR count). The quantitative estimate of drug-likeness (QED) is 0.336. The number of rotatable bonds is 6. The summed E-state index contributed by atoms with van der Waals surface area (Å²) >= 11 is 1.18. The zero-order valence-corrected chi connectivity index (χ0v) is 20.6. The number of anilines is 1. The number of fused-ring (bicyclic) bond motifs is 2. The van der Waals surface area contributed by atoms with E-state index in [0.717, 1.165) is 21.0 Å². The van der Waals surface area contributed by atoms with Crippen LogP contribution in [0.4, 0.5) is 5.69 Å². The van der Waals surface area contributed by atoms with Gasteiger partial charge in [0.05, 0.1) is 5.25 Å². The molecule has 0 aliphatic carbocycles. The van der Waals surface area contributed by atoms with E-state index in [1.807, 2.05) is 56.3 Å². The zero-order valence-electron chi connectivity index (χ0n) is 19.8. The highest BCUT2D eigenvalue weighted by Gasteiger charge is 2.23. The van der Waals surface area contributed by atoms with Crippen molar-refractivity contribution in [2.75, 3.05) is 5.32 Å². The van der Waals surface area contributed by atoms with Crippen LogP contribution in [0.5, 0.6) is 0 Å². The largest absolute Gasteiger partial charge is 0.332 e. The molecular weight excluding hydrogens is 450 g/mol. The van der Waals surface area contributed by atoms with E-state index in [9.17, 15) is 14.4 Å². The fourth-order valence-electron chi connectivity index (χ4n) is 3.85. The molecule has 0 aliphatic heterocycles. The zero-order chi connectivity index (χ0) is 24.6. The van der Waals surface area contributed by atoms with Crippen molar-refractivity contribution in [1.29, 1.82) is 0 Å². The van der Waals surface area contributed by atoms with Crippen LogP contribution in [0.1, 0.15) is 26.6 Å². The average molecular weight is 478 g/mol. The van der Waals surface area contributed by atoms with Crippen molar-refractivity contribution in [2.45, 2.75) is 44.5 Å². The van der Waals surface area contributed by atoms with Crippen LogP contribution in [0, 0.1) is 12.8 Å². The van der Waals surface area contributed by atoms with Crippen molar-refractivity contribution >= 4 is 45.2 Å². The van der Waals surface area contributed by atoms with Crippen molar-refractivity contribution in [3.8, 4) is 0 Å². The van der Waals surface area contributed by atoms with Crippen molar-refractivity contribution in [1.82, 2.24) is 19.1 Å². The minimum atomic E-state index is -0.549. The van der Waals surface area contributed by atoms with E-state index >= 15 is 0 Å². The molecule has 0 bridgehead atoms. The van der Waals surface area contributed by atoms with E-state index in [2.05, 4.69) is 15.3 Å². The number of nitrogens with one attached hydrogen (secondary N) is 1. The van der Waals surface area contributed by atoms with E-state index in [1.165, 1.54) is 23.4 Å². The predicted molar refractivity (Wildman–Crippen MR) is 137 cm³/mol. The molecule has 1 amide bonds. The highest BCUT2D eigenvalue weighted by molar-refractivity contribution is 8.00. The number of aryl methyl sites for hydroxylation is 1. The molecule has 8 nitrogen and oxygen atoms in total. The van der Waals surface area contributed by atoms with Gasteiger partial charge in [-0.05, 0) is 31.2 Å². The Morgan fingerprint density at radius 1 is 1.06 bits per heavy atom. The van der Waals surface area contributed by atoms with Crippen molar-refractivity contribution in [2.24, 2.45) is 13.0 Å². The van der Waals surface area contributed by atoms with Gasteiger partial charge in [0, 0.05) is 24.7 Å². The van der Waals surface area contributed by atoms with E-state index in [1.54, 1.807) is 13.8 Å². The Kier molecular flexibility index (Phi) is 6.56. The van der Waals surface area contributed by atoms with Crippen molar-refractivity contribution < 1.29 is 4.79 Å². The molecule has 2 heterocycles. The summed E-state index contributed by atoms with van der Waals surface area (Å²) in [4.78, 5) is 47.9. The van der Waals surface area contributed by atoms with E-state index in [4.69, 9.17) is 0 Å². The van der Waals surface area contributed by atoms with Gasteiger partial charge in [-0.3, -0.25) is 18.7 Å². The number of carbonyl (C=O) groups is 1. The van der Waals surface area contributed by atoms with Crippen LogP contribution < -0.4 is 16.6 Å². The monoisotopic (exact) mass is 477 g/mol. The Labute approximate surface area is 201 Å². The molecule has 1 atom stereocenters. The van der Waals surface area contributed by atoms with Crippen LogP contribution in [-0.4, -0.2) is 30.3 Å². The van der Waals surface area contributed by atoms with Gasteiger partial charge in [0.25, 0.3) is 5.56 Å². The summed E-state index contributed by atoms with van der Waals surface area (Å²) in [5, 5.41) is 5.07. The first-order valence-corrected chi connectivity index (χ1v) is 12.0. The van der Waals surface area contributed by atoms with E-state index in [0.29, 0.717) is 23.0 Å². The maximum Gasteiger partial charge on any atom is 0.332 e. The fourth-order valence-corrected chi connectivity index (χ4v) is 4.83. The molecule has 0 saturated heterocycles. The topological polar surface area (TPSA) is 98.9 Å². The van der Waals surface area contributed by atoms with Gasteiger partial charge < -0.3 is 5.32 Å². The second-order valence-corrected chi connectivity index (χ2v) is 10.0. The summed E-state index contributed by atoms with van der Waals surface area (Å²) in [6.07, 6.45) is 0. The van der Waals surface area contributed by atoms with Gasteiger partial charge in [-0.1, -0.05) is 62.0 Å². The molecule has 0 aliphatic rings. The molecular formula is C25H27N5O3S. The van der Waals surface area contributed by atoms with Crippen LogP contribution in [-0.2, 0) is 18.4 Å². The third kappa shape index (κ3) is 4.48. The smallest absolute Gasteiger partial charge is 0.325 e. The summed E-state index contributed by atoms with van der Waals surface area (Å²) in [5.74, 6) is 0.398. The first-order valence-electron chi connectivity index (χ1n) is 11.1. The number of thioether (sulfide) groups is 1. The SMILES string of the molecule is Cc1nc(SC(C)C(=O)Nc2cccc3ccccc23)c2c(=O)n(C)c(=O)n(CC(C)C)c2n1. The average Bonchev–Trinajstić information content (AvgIpc) is 2.80. The fraction of sp³-hybridized carbons (Fsp3) is 0.320. The molecule has 0 radical (unpaired) electrons. The maximum absolute atomic E-state index is 13.1. The molecule has 9 heteroatoms. The van der Waals surface area contributed by atoms with Gasteiger partial charge in [0.1, 0.15) is 16.2 Å². The summed E-state index contributed by atoms with van der Waals surface area (Å²) in [6.45, 7) is 7.88. The lowest BCUT2D eigenvalue weighted by Crippen LogP contribution is -2.39. The predicted octanol–water partition coefficient (Wildman–Crippen LogP) is 3.73. The lowest BCUT2D eigenvalue weighted by Gasteiger charge is -2.17. The summed E-state index contributed by atoms with van der Waals surface area (Å²) in [7, 11) is 1.45. The minimum absolute atomic E-state index is 0.176. The lowest BCUT2D eigenvalue weighted by atomic mass is 10.1. The van der Waals surface area contributed by atoms with Gasteiger partial charge in [0.15, 0.2) is 5.65 Å². The van der Waals surface area contributed by atoms with E-state index < -0.39 is 16.5 Å². The van der Waals surface area contributed by atoms with Crippen LogP contribution in [0.2, 0.25) is 0 Å². The first kappa shape index (κ1) is 23.7. The van der Waals surface area contributed by atoms with Gasteiger partial charge in [-0.25, -0.2) is 14.8 Å². The van der Waals surface area contributed by atoms with Crippen molar-refractivity contribution in [3.05, 3.63) is 69.1 Å². The van der Waals surface area contributed by atoms with Gasteiger partial charge in [0.2, 0.25) is 5.91 Å². The molecule has 4 aromatic rings. The second kappa shape index (κ2) is 9.42. The molecule has 34 heavy (non-hydrogen) atoms. The summed E-state index contributed by atoms with van der Waals surface area (Å²) in [6, 6.07) is 13.6. The number of amides is 1. The normalized spacial score (nSPS) is 12.4. The number of benzene rings is 2. The van der Waals surface area contributed by atoms with Crippen LogP contribution >= 0.6 is 11.8 Å². The third-order valence-corrected chi connectivity index (χ3v) is 6.60. The number of hydrogen-bond donors (Lipinski definition) is 1. The molecule has 1 N–H and O–H groups in total. The van der Waals surface area contributed by atoms with Gasteiger partial charge in [-0.2, -0.15) is 0 Å². The number of hydrogen-bond acceptors (Lipinski definition) is 6. The van der Waals surface area contributed by atoms with Gasteiger partial charge in [-0.15, -0.1) is 0 Å². The molecule has 0 fully saturated rings. The molecule has 0 saturated carbocycles. The summed E-state index contributed by atoms with van der Waals surface area (Å²) < 4.78 is 2.59. The first-order chi connectivity index (χ1) is 16.2. The van der Waals surface area contributed by atoms with E-state index in [-0.39, 0.29) is 17.2 Å². The number of carbonyl (C=O) groups excluding carboxylic acids is 1. The molecule has 176 valence electrons. The standard InChI is InChI=1S/C25H27N5O3S/c1-14(2)13-30-21-20(24(32)29(5)25(30)33)23(27-16(4)26-21)34-15(3)22(31)28-19-12-8-10-17-9-6-7-11-18(17)19/h6-12,14-15H,13H2,1-5H3,(H,28,31). The molecule has 2 aromatic heterocycles. The Morgan fingerprint density at radius 3 is 2.50 bits per heavy atom. The molecule has 0 spiro atoms.